The van der Waals surface area contributed by atoms with Crippen LogP contribution in [0.3, 0.4) is 0 Å². The highest BCUT2D eigenvalue weighted by Gasteiger charge is 2.16. The Kier molecular flexibility index (Phi) is 2.95. The minimum absolute atomic E-state index is 0.0711. The number of imidazole rings is 1. The van der Waals surface area contributed by atoms with Crippen molar-refractivity contribution >= 4 is 22.4 Å². The summed E-state index contributed by atoms with van der Waals surface area (Å²) < 4.78 is 66.5. The van der Waals surface area contributed by atoms with E-state index in [0.717, 1.165) is 22.5 Å². The average Bonchev–Trinajstić information content (AvgIpc) is 3.31. The second-order valence-corrected chi connectivity index (χ2v) is 6.79. The van der Waals surface area contributed by atoms with Crippen molar-refractivity contribution in [2.45, 2.75) is 19.2 Å². The van der Waals surface area contributed by atoms with Crippen molar-refractivity contribution in [3.8, 4) is 11.4 Å². The number of carbonyl (C=O) groups is 1. The van der Waals surface area contributed by atoms with Gasteiger partial charge in [0.25, 0.3) is 0 Å². The van der Waals surface area contributed by atoms with Crippen molar-refractivity contribution in [2.75, 3.05) is 17.9 Å². The fourth-order valence-corrected chi connectivity index (χ4v) is 3.22. The van der Waals surface area contributed by atoms with Crippen LogP contribution in [0.1, 0.15) is 39.8 Å². The van der Waals surface area contributed by atoms with Gasteiger partial charge in [-0.15, -0.1) is 0 Å². The Labute approximate surface area is 185 Å². The van der Waals surface area contributed by atoms with Gasteiger partial charge < -0.3 is 9.47 Å². The highest BCUT2D eigenvalue weighted by Crippen LogP contribution is 2.23. The van der Waals surface area contributed by atoms with Gasteiger partial charge >= 0.3 is 0 Å². The first-order chi connectivity index (χ1) is 17.7. The van der Waals surface area contributed by atoms with Gasteiger partial charge in [0.05, 0.1) is 30.3 Å². The first-order valence-electron chi connectivity index (χ1n) is 13.2. The van der Waals surface area contributed by atoms with E-state index in [1.807, 2.05) is 17.7 Å². The van der Waals surface area contributed by atoms with Crippen LogP contribution in [0.5, 0.6) is 0 Å². The van der Waals surface area contributed by atoms with E-state index in [0.29, 0.717) is 16.3 Å². The van der Waals surface area contributed by atoms with E-state index in [9.17, 15) is 4.79 Å². The van der Waals surface area contributed by atoms with Gasteiger partial charge in [-0.05, 0) is 42.4 Å². The quantitative estimate of drug-likeness (QED) is 0.473. The Bertz CT molecular complexity index is 1540. The number of fused-ring (bicyclic) bond motifs is 1. The molecule has 1 aliphatic rings. The summed E-state index contributed by atoms with van der Waals surface area (Å²) in [4.78, 5) is 30.3. The molecule has 7 nitrogen and oxygen atoms in total. The van der Waals surface area contributed by atoms with Gasteiger partial charge in [-0.2, -0.15) is 0 Å². The number of rotatable bonds is 5. The summed E-state index contributed by atoms with van der Waals surface area (Å²) in [6.07, 6.45) is 1.30. The summed E-state index contributed by atoms with van der Waals surface area (Å²) in [5.74, 6) is -0.804. The molecule has 0 spiro atoms. The predicted molar refractivity (Wildman–Crippen MR) is 115 cm³/mol. The monoisotopic (exact) mass is 406 g/mol. The molecule has 0 radical (unpaired) electrons. The molecule has 0 N–H and O–H groups in total. The lowest BCUT2D eigenvalue weighted by atomic mass is 10.1. The zero-order chi connectivity index (χ0) is 27.7. The standard InChI is InChI=1S/C23H22N6O/c1-28-15-24-14-21(28)20-9-17-8-19(26-12-18(17)13-27-20)11-22(30)16-4-5-25-23(10-16)29-6-2-3-7-29/h4-5,8-10,12-15H,2-3,6-7,11H2,1H3/i2D2,3D2,6D2,7D2. The van der Waals surface area contributed by atoms with Gasteiger partial charge in [-0.25, -0.2) is 9.97 Å². The Morgan fingerprint density at radius 1 is 1.07 bits per heavy atom. The van der Waals surface area contributed by atoms with Crippen molar-refractivity contribution < 1.29 is 15.8 Å². The number of ketones is 1. The van der Waals surface area contributed by atoms with Crippen LogP contribution in [0.4, 0.5) is 5.82 Å². The zero-order valence-electron chi connectivity index (χ0n) is 24.0. The Morgan fingerprint density at radius 3 is 2.70 bits per heavy atom. The number of nitrogens with zero attached hydrogens (tertiary/aromatic N) is 6. The topological polar surface area (TPSA) is 76.8 Å². The van der Waals surface area contributed by atoms with Gasteiger partial charge in [0.2, 0.25) is 0 Å². The highest BCUT2D eigenvalue weighted by molar-refractivity contribution is 5.98. The summed E-state index contributed by atoms with van der Waals surface area (Å²) >= 11 is 0. The molecule has 0 saturated carbocycles. The second-order valence-electron chi connectivity index (χ2n) is 6.79. The number of carbonyl (C=O) groups excluding carboxylic acids is 1. The van der Waals surface area contributed by atoms with Crippen LogP contribution in [-0.2, 0) is 13.5 Å². The zero-order valence-corrected chi connectivity index (χ0v) is 16.0. The van der Waals surface area contributed by atoms with E-state index in [-0.39, 0.29) is 12.0 Å². The Morgan fingerprint density at radius 2 is 1.90 bits per heavy atom. The first-order valence-corrected chi connectivity index (χ1v) is 9.19. The molecule has 4 aromatic heterocycles. The van der Waals surface area contributed by atoms with E-state index < -0.39 is 37.3 Å². The molecule has 5 rings (SSSR count). The van der Waals surface area contributed by atoms with Gasteiger partial charge in [0.1, 0.15) is 5.82 Å². The summed E-state index contributed by atoms with van der Waals surface area (Å²) in [7, 11) is 1.86. The number of hydrogen-bond donors (Lipinski definition) is 0. The molecule has 0 unspecified atom stereocenters. The lowest BCUT2D eigenvalue weighted by Crippen LogP contribution is -2.19. The molecular weight excluding hydrogens is 376 g/mol. The maximum atomic E-state index is 13.1. The van der Waals surface area contributed by atoms with E-state index in [4.69, 9.17) is 11.0 Å². The van der Waals surface area contributed by atoms with Crippen molar-refractivity contribution in [1.29, 1.82) is 0 Å². The molecule has 0 aromatic carbocycles. The third-order valence-corrected chi connectivity index (χ3v) is 4.78. The molecular formula is C23H22N6O. The summed E-state index contributed by atoms with van der Waals surface area (Å²) in [5.41, 5.74) is 2.05. The largest absolute Gasteiger partial charge is 0.357 e. The van der Waals surface area contributed by atoms with Crippen LogP contribution in [-0.4, -0.2) is 43.3 Å². The van der Waals surface area contributed by atoms with Crippen molar-refractivity contribution in [2.24, 2.45) is 7.05 Å². The smallest absolute Gasteiger partial charge is 0.169 e. The van der Waals surface area contributed by atoms with Crippen molar-refractivity contribution in [3.05, 3.63) is 66.6 Å². The molecule has 0 atom stereocenters. The summed E-state index contributed by atoms with van der Waals surface area (Å²) in [6, 6.07) is 6.15. The van der Waals surface area contributed by atoms with Crippen molar-refractivity contribution in [1.82, 2.24) is 24.5 Å². The molecule has 30 heavy (non-hydrogen) atoms. The third kappa shape index (κ3) is 3.54. The summed E-state index contributed by atoms with van der Waals surface area (Å²) in [6.45, 7) is -6.18. The number of pyridine rings is 3. The third-order valence-electron chi connectivity index (χ3n) is 4.78. The fourth-order valence-electron chi connectivity index (χ4n) is 3.22. The molecule has 7 heteroatoms. The lowest BCUT2D eigenvalue weighted by molar-refractivity contribution is 0.0992. The molecule has 4 aromatic rings. The maximum absolute atomic E-state index is 13.1. The van der Waals surface area contributed by atoms with E-state index in [1.54, 1.807) is 31.0 Å². The summed E-state index contributed by atoms with van der Waals surface area (Å²) in [5, 5.41) is 1.59. The van der Waals surface area contributed by atoms with Crippen LogP contribution in [0.15, 0.2) is 55.4 Å². The van der Waals surface area contributed by atoms with Gasteiger partial charge in [-0.1, -0.05) is 0 Å². The normalized spacial score (nSPS) is 24.5. The average molecular weight is 407 g/mol. The number of Topliss-reactive ketones (excluding diaryl/α,β-unsaturated/α-hetero) is 1. The van der Waals surface area contributed by atoms with Crippen LogP contribution >= 0.6 is 0 Å². The molecule has 5 heterocycles. The lowest BCUT2D eigenvalue weighted by Gasteiger charge is -2.16. The minimum Gasteiger partial charge on any atom is -0.357 e. The molecule has 150 valence electrons. The second kappa shape index (κ2) is 7.67. The van der Waals surface area contributed by atoms with Crippen LogP contribution < -0.4 is 4.90 Å². The number of hydrogen-bond acceptors (Lipinski definition) is 6. The van der Waals surface area contributed by atoms with E-state index in [1.165, 1.54) is 12.3 Å². The van der Waals surface area contributed by atoms with Gasteiger partial charge in [0, 0.05) is 66.2 Å². The SMILES string of the molecule is [2H]C1([2H])N(c2cc(C(=O)Cc3cc4cc(-c5cncn5C)ncc4cn3)ccn2)C([2H])([2H])C([2H])([2H])C1([2H])[2H]. The molecule has 1 saturated heterocycles. The number of aryl methyl sites for hydroxylation is 1. The first kappa shape index (κ1) is 11.5. The van der Waals surface area contributed by atoms with Crippen LogP contribution in [0.2, 0.25) is 0 Å². The van der Waals surface area contributed by atoms with E-state index in [2.05, 4.69) is 19.9 Å². The van der Waals surface area contributed by atoms with Crippen molar-refractivity contribution in [3.63, 3.8) is 0 Å². The fraction of sp³-hybridized carbons (Fsp3) is 0.261. The van der Waals surface area contributed by atoms with Gasteiger partial charge in [-0.3, -0.25) is 14.8 Å². The van der Waals surface area contributed by atoms with E-state index >= 15 is 0 Å². The van der Waals surface area contributed by atoms with Gasteiger partial charge in [0.15, 0.2) is 5.78 Å². The minimum atomic E-state index is -3.20. The predicted octanol–water partition coefficient (Wildman–Crippen LogP) is 3.45. The molecule has 0 bridgehead atoms. The molecule has 0 aliphatic carbocycles. The highest BCUT2D eigenvalue weighted by atomic mass is 16.1. The Hall–Kier alpha value is -3.61. The molecule has 1 fully saturated rings. The van der Waals surface area contributed by atoms with Crippen LogP contribution in [0, 0.1) is 0 Å². The molecule has 1 aliphatic heterocycles. The number of aromatic nitrogens is 5. The molecule has 0 amide bonds. The Balaban J connectivity index is 1.45. The van der Waals surface area contributed by atoms with Crippen LogP contribution in [0.25, 0.3) is 22.2 Å². The maximum Gasteiger partial charge on any atom is 0.169 e. The number of anilines is 1.